The first-order chi connectivity index (χ1) is 10.9. The van der Waals surface area contributed by atoms with Gasteiger partial charge < -0.3 is 10.4 Å². The van der Waals surface area contributed by atoms with Crippen LogP contribution in [0.15, 0.2) is 12.2 Å². The summed E-state index contributed by atoms with van der Waals surface area (Å²) in [6.45, 7) is 4.53. The van der Waals surface area contributed by atoms with Crippen LogP contribution in [-0.4, -0.2) is 23.0 Å². The summed E-state index contributed by atoms with van der Waals surface area (Å²) < 4.78 is 0. The van der Waals surface area contributed by atoms with Gasteiger partial charge in [-0.25, -0.2) is 0 Å². The lowest BCUT2D eigenvalue weighted by atomic mass is 9.48. The first-order valence-electron chi connectivity index (χ1n) is 9.09. The zero-order valence-electron chi connectivity index (χ0n) is 14.0. The number of carbonyl (C=O) groups excluding carboxylic acids is 1. The lowest BCUT2D eigenvalue weighted by Crippen LogP contribution is -2.59. The van der Waals surface area contributed by atoms with Crippen molar-refractivity contribution in [3.8, 4) is 0 Å². The highest BCUT2D eigenvalue weighted by atomic mass is 16.4. The Morgan fingerprint density at radius 2 is 1.96 bits per heavy atom. The zero-order chi connectivity index (χ0) is 16.4. The Bertz CT molecular complexity index is 585. The number of rotatable bonds is 1. The normalized spacial score (nSPS) is 51.4. The van der Waals surface area contributed by atoms with E-state index in [-0.39, 0.29) is 28.7 Å². The molecule has 7 atom stereocenters. The van der Waals surface area contributed by atoms with Gasteiger partial charge in [0.05, 0.1) is 5.92 Å². The lowest BCUT2D eigenvalue weighted by Gasteiger charge is -2.58. The summed E-state index contributed by atoms with van der Waals surface area (Å²) >= 11 is 0. The van der Waals surface area contributed by atoms with Crippen LogP contribution in [0.1, 0.15) is 52.4 Å². The minimum Gasteiger partial charge on any atom is -0.481 e. The van der Waals surface area contributed by atoms with Gasteiger partial charge >= 0.3 is 5.97 Å². The summed E-state index contributed by atoms with van der Waals surface area (Å²) in [6, 6.07) is 0.252. The van der Waals surface area contributed by atoms with E-state index >= 15 is 0 Å². The van der Waals surface area contributed by atoms with Gasteiger partial charge in [0, 0.05) is 11.5 Å². The molecule has 2 N–H and O–H groups in total. The number of carbonyl (C=O) groups is 2. The van der Waals surface area contributed by atoms with E-state index in [2.05, 4.69) is 25.2 Å². The fraction of sp³-hybridized carbons (Fsp3) is 0.789. The van der Waals surface area contributed by atoms with Crippen molar-refractivity contribution in [1.82, 2.24) is 5.32 Å². The maximum Gasteiger partial charge on any atom is 0.307 e. The van der Waals surface area contributed by atoms with Crippen LogP contribution in [0.4, 0.5) is 0 Å². The van der Waals surface area contributed by atoms with Crippen molar-refractivity contribution >= 4 is 11.9 Å². The molecule has 4 heteroatoms. The van der Waals surface area contributed by atoms with Gasteiger partial charge in [0.25, 0.3) is 0 Å². The van der Waals surface area contributed by atoms with E-state index in [9.17, 15) is 14.7 Å². The highest BCUT2D eigenvalue weighted by Crippen LogP contribution is 2.64. The van der Waals surface area contributed by atoms with Crippen molar-refractivity contribution in [3.05, 3.63) is 12.2 Å². The number of hydrogen-bond donors (Lipinski definition) is 2. The molecule has 3 saturated carbocycles. The average molecular weight is 317 g/mol. The molecule has 0 aromatic rings. The number of amides is 1. The summed E-state index contributed by atoms with van der Waals surface area (Å²) in [4.78, 5) is 23.4. The fourth-order valence-corrected chi connectivity index (χ4v) is 6.74. The molecular weight excluding hydrogens is 290 g/mol. The highest BCUT2D eigenvalue weighted by molar-refractivity contribution is 5.89. The predicted octanol–water partition coefficient (Wildman–Crippen LogP) is 2.98. The number of aliphatic carboxylic acids is 1. The first-order valence-corrected chi connectivity index (χ1v) is 9.09. The molecule has 1 amide bonds. The molecule has 3 fully saturated rings. The average Bonchev–Trinajstić information content (AvgIpc) is 2.85. The van der Waals surface area contributed by atoms with Gasteiger partial charge in [-0.2, -0.15) is 0 Å². The van der Waals surface area contributed by atoms with E-state index in [0.29, 0.717) is 17.8 Å². The Morgan fingerprint density at radius 1 is 1.17 bits per heavy atom. The third-order valence-electron chi connectivity index (χ3n) is 7.98. The Hall–Kier alpha value is -1.32. The molecule has 1 aliphatic heterocycles. The van der Waals surface area contributed by atoms with Crippen LogP contribution < -0.4 is 5.32 Å². The summed E-state index contributed by atoms with van der Waals surface area (Å²) in [5.41, 5.74) is 0.0112. The number of nitrogens with one attached hydrogen (secondary N) is 1. The minimum atomic E-state index is -0.599. The van der Waals surface area contributed by atoms with Crippen LogP contribution in [0.3, 0.4) is 0 Å². The summed E-state index contributed by atoms with van der Waals surface area (Å²) in [5.74, 6) is 0.992. The molecule has 0 spiro atoms. The van der Waals surface area contributed by atoms with E-state index in [1.165, 1.54) is 0 Å². The summed E-state index contributed by atoms with van der Waals surface area (Å²) in [5, 5.41) is 12.8. The quantitative estimate of drug-likeness (QED) is 0.781. The van der Waals surface area contributed by atoms with Gasteiger partial charge in [-0.3, -0.25) is 9.59 Å². The molecule has 1 heterocycles. The van der Waals surface area contributed by atoms with Crippen molar-refractivity contribution < 1.29 is 14.7 Å². The molecule has 23 heavy (non-hydrogen) atoms. The van der Waals surface area contributed by atoms with Gasteiger partial charge in [-0.1, -0.05) is 19.9 Å². The molecule has 126 valence electrons. The van der Waals surface area contributed by atoms with E-state index < -0.39 is 5.97 Å². The maximum absolute atomic E-state index is 11.7. The lowest BCUT2D eigenvalue weighted by molar-refractivity contribution is -0.150. The van der Waals surface area contributed by atoms with Crippen LogP contribution >= 0.6 is 0 Å². The topological polar surface area (TPSA) is 66.4 Å². The van der Waals surface area contributed by atoms with E-state index in [1.54, 1.807) is 6.08 Å². The van der Waals surface area contributed by atoms with Gasteiger partial charge in [-0.15, -0.1) is 0 Å². The molecular formula is C19H27NO3. The van der Waals surface area contributed by atoms with Gasteiger partial charge in [0.1, 0.15) is 0 Å². The fourth-order valence-electron chi connectivity index (χ4n) is 6.74. The van der Waals surface area contributed by atoms with Crippen LogP contribution in [0.25, 0.3) is 0 Å². The number of carboxylic acids is 1. The van der Waals surface area contributed by atoms with Gasteiger partial charge in [-0.05, 0) is 67.8 Å². The molecule has 4 nitrogen and oxygen atoms in total. The SMILES string of the molecule is C[C@]12C=CC(=O)N[C@@H]1CC[C@@H]1[C@H]2CC[C@]2(C)[C@@H](C(=O)O)CC[C@@H]12. The van der Waals surface area contributed by atoms with E-state index in [0.717, 1.165) is 38.5 Å². The molecule has 4 rings (SSSR count). The molecule has 0 saturated heterocycles. The Kier molecular flexibility index (Phi) is 3.20. The van der Waals surface area contributed by atoms with Crippen LogP contribution in [-0.2, 0) is 9.59 Å². The van der Waals surface area contributed by atoms with E-state index in [1.807, 2.05) is 0 Å². The molecule has 0 bridgehead atoms. The van der Waals surface area contributed by atoms with Crippen molar-refractivity contribution in [2.24, 2.45) is 34.5 Å². The van der Waals surface area contributed by atoms with Crippen molar-refractivity contribution in [2.75, 3.05) is 0 Å². The summed E-state index contributed by atoms with van der Waals surface area (Å²) in [7, 11) is 0. The second-order valence-electron chi connectivity index (χ2n) is 8.73. The van der Waals surface area contributed by atoms with Crippen molar-refractivity contribution in [1.29, 1.82) is 0 Å². The smallest absolute Gasteiger partial charge is 0.307 e. The third kappa shape index (κ3) is 1.96. The Morgan fingerprint density at radius 3 is 2.70 bits per heavy atom. The zero-order valence-corrected chi connectivity index (χ0v) is 14.0. The standard InChI is InChI=1S/C19H27NO3/c1-18-9-7-13-11(12(18)4-5-14(18)17(22)23)3-6-15-19(13,2)10-8-16(21)20-15/h8,10-15H,3-7,9H2,1-2H3,(H,20,21)(H,22,23)/t11-,12-,13+,14+,15+,18-,19+/m0/s1. The number of carboxylic acid groups (broad SMARTS) is 1. The highest BCUT2D eigenvalue weighted by Gasteiger charge is 2.60. The van der Waals surface area contributed by atoms with E-state index in [4.69, 9.17) is 0 Å². The second kappa shape index (κ2) is 4.84. The molecule has 0 unspecified atom stereocenters. The van der Waals surface area contributed by atoms with Crippen LogP contribution in [0.5, 0.6) is 0 Å². The number of hydrogen-bond acceptors (Lipinski definition) is 2. The van der Waals surface area contributed by atoms with Gasteiger partial charge in [0.15, 0.2) is 0 Å². The molecule has 0 radical (unpaired) electrons. The second-order valence-corrected chi connectivity index (χ2v) is 8.73. The van der Waals surface area contributed by atoms with Crippen molar-refractivity contribution in [3.63, 3.8) is 0 Å². The Labute approximate surface area is 137 Å². The van der Waals surface area contributed by atoms with Crippen LogP contribution in [0, 0.1) is 34.5 Å². The molecule has 3 aliphatic carbocycles. The molecule has 0 aromatic carbocycles. The monoisotopic (exact) mass is 317 g/mol. The summed E-state index contributed by atoms with van der Waals surface area (Å²) in [6.07, 6.45) is 10.0. The molecule has 0 aromatic heterocycles. The Balaban J connectivity index is 1.66. The third-order valence-corrected chi connectivity index (χ3v) is 7.98. The maximum atomic E-state index is 11.7. The first kappa shape index (κ1) is 15.2. The minimum absolute atomic E-state index is 0.0299. The largest absolute Gasteiger partial charge is 0.481 e. The van der Waals surface area contributed by atoms with Crippen LogP contribution in [0.2, 0.25) is 0 Å². The predicted molar refractivity (Wildman–Crippen MR) is 86.6 cm³/mol. The molecule has 4 aliphatic rings. The van der Waals surface area contributed by atoms with Gasteiger partial charge in [0.2, 0.25) is 5.91 Å². The van der Waals surface area contributed by atoms with Crippen molar-refractivity contribution in [2.45, 2.75) is 58.4 Å². The number of fused-ring (bicyclic) bond motifs is 5.